The van der Waals surface area contributed by atoms with E-state index in [-0.39, 0.29) is 12.1 Å². The van der Waals surface area contributed by atoms with E-state index in [4.69, 9.17) is 30.6 Å². The smallest absolute Gasteiger partial charge is 0.400 e. The molecule has 1 aromatic heterocycles. The largest absolute Gasteiger partial charge is 0.479 e. The molecule has 35 heavy (non-hydrogen) atoms. The first-order chi connectivity index (χ1) is 16.7. The highest BCUT2D eigenvalue weighted by Gasteiger charge is 2.13. The third-order valence-corrected chi connectivity index (χ3v) is 4.69. The quantitative estimate of drug-likeness (QED) is 0.340. The lowest BCUT2D eigenvalue weighted by Gasteiger charge is -2.11. The molecule has 182 valence electrons. The molecule has 0 bridgehead atoms. The summed E-state index contributed by atoms with van der Waals surface area (Å²) in [4.78, 5) is 27.5. The molecular formula is C25H24ClN3O6. The number of ether oxygens (including phenoxy) is 2. The molecule has 1 heterocycles. The van der Waals surface area contributed by atoms with Crippen LogP contribution in [0.25, 0.3) is 11.1 Å². The minimum atomic E-state index is -1.03. The molecular weight excluding hydrogens is 474 g/mol. The number of hydrogen-bond acceptors (Lipinski definition) is 6. The first-order valence-corrected chi connectivity index (χ1v) is 10.9. The van der Waals surface area contributed by atoms with Gasteiger partial charge in [0.25, 0.3) is 0 Å². The Morgan fingerprint density at radius 3 is 2.31 bits per heavy atom. The summed E-state index contributed by atoms with van der Waals surface area (Å²) >= 11 is 5.88. The number of oxazole rings is 1. The van der Waals surface area contributed by atoms with Crippen LogP contribution in [0.1, 0.15) is 6.92 Å². The molecule has 4 rings (SSSR count). The number of carboxylic acids is 1. The molecule has 2 N–H and O–H groups in total. The molecule has 0 fully saturated rings. The number of aliphatic carboxylic acids is 1. The molecule has 0 aliphatic rings. The van der Waals surface area contributed by atoms with E-state index in [1.807, 2.05) is 30.3 Å². The van der Waals surface area contributed by atoms with E-state index in [0.29, 0.717) is 27.6 Å². The van der Waals surface area contributed by atoms with Gasteiger partial charge in [-0.05, 0) is 55.5 Å². The Morgan fingerprint density at radius 2 is 1.69 bits per heavy atom. The number of para-hydroxylation sites is 1. The summed E-state index contributed by atoms with van der Waals surface area (Å²) in [6.45, 7) is 1.45. The number of rotatable bonds is 6. The van der Waals surface area contributed by atoms with E-state index < -0.39 is 12.1 Å². The predicted octanol–water partition coefficient (Wildman–Crippen LogP) is 5.91. The summed E-state index contributed by atoms with van der Waals surface area (Å²) in [7, 11) is 3.41. The van der Waals surface area contributed by atoms with Crippen LogP contribution in [0.5, 0.6) is 17.6 Å². The van der Waals surface area contributed by atoms with Crippen molar-refractivity contribution in [1.82, 2.24) is 9.88 Å². The number of nitrogens with one attached hydrogen (secondary N) is 1. The molecule has 2 amide bonds. The zero-order valence-corrected chi connectivity index (χ0v) is 20.0. The maximum atomic E-state index is 11.1. The number of anilines is 1. The Labute approximate surface area is 206 Å². The summed E-state index contributed by atoms with van der Waals surface area (Å²) in [5.41, 5.74) is 1.98. The van der Waals surface area contributed by atoms with Gasteiger partial charge in [0.15, 0.2) is 11.7 Å². The van der Waals surface area contributed by atoms with Crippen LogP contribution in [-0.2, 0) is 4.79 Å². The van der Waals surface area contributed by atoms with Crippen molar-refractivity contribution < 1.29 is 28.6 Å². The standard InChI is InChI=1S/C16H12ClNO5.C9H12N2O/c1-9(15(19)20)21-11-3-5-12(6-4-11)22-16-18-13-7-2-10(17)8-14(13)23-16;1-11(2)9(12)10-8-6-4-3-5-7-8/h2-9H,1H3,(H,19,20);3-7H,1-2H3,(H,10,12). The highest BCUT2D eigenvalue weighted by atomic mass is 35.5. The minimum absolute atomic E-state index is 0.0924. The molecule has 0 spiro atoms. The van der Waals surface area contributed by atoms with Crippen molar-refractivity contribution in [2.75, 3.05) is 19.4 Å². The van der Waals surface area contributed by atoms with Crippen LogP contribution >= 0.6 is 11.6 Å². The second kappa shape index (κ2) is 11.8. The first kappa shape index (κ1) is 25.4. The van der Waals surface area contributed by atoms with Crippen LogP contribution in [0, 0.1) is 0 Å². The number of carboxylic acid groups (broad SMARTS) is 1. The maximum absolute atomic E-state index is 11.1. The third kappa shape index (κ3) is 7.65. The molecule has 3 aromatic carbocycles. The molecule has 0 radical (unpaired) electrons. The summed E-state index contributed by atoms with van der Waals surface area (Å²) in [6.07, 6.45) is -0.835. The Hall–Kier alpha value is -4.24. The molecule has 9 nitrogen and oxygen atoms in total. The van der Waals surface area contributed by atoms with E-state index >= 15 is 0 Å². The Balaban J connectivity index is 0.000000241. The lowest BCUT2D eigenvalue weighted by atomic mass is 10.3. The summed E-state index contributed by atoms with van der Waals surface area (Å²) < 4.78 is 16.2. The highest BCUT2D eigenvalue weighted by Crippen LogP contribution is 2.28. The van der Waals surface area contributed by atoms with Gasteiger partial charge in [0, 0.05) is 30.9 Å². The number of benzene rings is 3. The fourth-order valence-electron chi connectivity index (χ4n) is 2.62. The lowest BCUT2D eigenvalue weighted by molar-refractivity contribution is -0.144. The van der Waals surface area contributed by atoms with Gasteiger partial charge in [0.05, 0.1) is 0 Å². The summed E-state index contributed by atoms with van der Waals surface area (Å²) in [5, 5.41) is 12.1. The lowest BCUT2D eigenvalue weighted by Crippen LogP contribution is -2.27. The number of hydrogen-bond donors (Lipinski definition) is 2. The predicted molar refractivity (Wildman–Crippen MR) is 132 cm³/mol. The SMILES string of the molecule is CC(Oc1ccc(Oc2nc3ccc(Cl)cc3o2)cc1)C(=O)O.CN(C)C(=O)Nc1ccccc1. The first-order valence-electron chi connectivity index (χ1n) is 10.5. The molecule has 0 aliphatic heterocycles. The topological polar surface area (TPSA) is 114 Å². The van der Waals surface area contributed by atoms with Gasteiger partial charge in [-0.25, -0.2) is 9.59 Å². The molecule has 0 aliphatic carbocycles. The average molecular weight is 498 g/mol. The maximum Gasteiger partial charge on any atom is 0.400 e. The number of carbonyl (C=O) groups is 2. The van der Waals surface area contributed by atoms with E-state index in [9.17, 15) is 9.59 Å². The number of aromatic nitrogens is 1. The van der Waals surface area contributed by atoms with Crippen molar-refractivity contribution in [1.29, 1.82) is 0 Å². The van der Waals surface area contributed by atoms with Gasteiger partial charge < -0.3 is 29.2 Å². The number of fused-ring (bicyclic) bond motifs is 1. The van der Waals surface area contributed by atoms with Crippen molar-refractivity contribution in [3.63, 3.8) is 0 Å². The molecule has 0 saturated heterocycles. The van der Waals surface area contributed by atoms with Crippen LogP contribution < -0.4 is 14.8 Å². The normalized spacial score (nSPS) is 11.1. The van der Waals surface area contributed by atoms with Gasteiger partial charge >= 0.3 is 18.1 Å². The van der Waals surface area contributed by atoms with Crippen LogP contribution in [0.2, 0.25) is 5.02 Å². The average Bonchev–Trinajstić information content (AvgIpc) is 3.22. The second-order valence-electron chi connectivity index (χ2n) is 7.45. The summed E-state index contributed by atoms with van der Waals surface area (Å²) in [6, 6.07) is 20.8. The van der Waals surface area contributed by atoms with Gasteiger partial charge in [-0.3, -0.25) is 0 Å². The molecule has 1 atom stereocenters. The summed E-state index contributed by atoms with van der Waals surface area (Å²) in [5.74, 6) is -0.120. The van der Waals surface area contributed by atoms with Gasteiger partial charge in [-0.15, -0.1) is 0 Å². The molecule has 1 unspecified atom stereocenters. The Kier molecular flexibility index (Phi) is 8.53. The second-order valence-corrected chi connectivity index (χ2v) is 7.89. The van der Waals surface area contributed by atoms with E-state index in [0.717, 1.165) is 5.69 Å². The third-order valence-electron chi connectivity index (χ3n) is 4.45. The molecule has 0 saturated carbocycles. The number of carbonyl (C=O) groups excluding carboxylic acids is 1. The molecule has 10 heteroatoms. The van der Waals surface area contributed by atoms with Gasteiger partial charge in [0.2, 0.25) is 0 Å². The number of amides is 2. The highest BCUT2D eigenvalue weighted by molar-refractivity contribution is 6.31. The fraction of sp³-hybridized carbons (Fsp3) is 0.160. The molecule has 4 aromatic rings. The van der Waals surface area contributed by atoms with Crippen LogP contribution in [0.15, 0.2) is 77.2 Å². The van der Waals surface area contributed by atoms with Crippen LogP contribution in [0.4, 0.5) is 10.5 Å². The van der Waals surface area contributed by atoms with E-state index in [2.05, 4.69) is 10.3 Å². The number of urea groups is 1. The zero-order valence-electron chi connectivity index (χ0n) is 19.3. The van der Waals surface area contributed by atoms with Gasteiger partial charge in [0.1, 0.15) is 17.0 Å². The van der Waals surface area contributed by atoms with Gasteiger partial charge in [-0.1, -0.05) is 29.8 Å². The minimum Gasteiger partial charge on any atom is -0.479 e. The van der Waals surface area contributed by atoms with Crippen molar-refractivity contribution in [2.24, 2.45) is 0 Å². The van der Waals surface area contributed by atoms with Crippen molar-refractivity contribution in [3.05, 3.63) is 77.8 Å². The van der Waals surface area contributed by atoms with E-state index in [1.165, 1.54) is 11.8 Å². The van der Waals surface area contributed by atoms with E-state index in [1.54, 1.807) is 56.6 Å². The van der Waals surface area contributed by atoms with Crippen LogP contribution in [0.3, 0.4) is 0 Å². The van der Waals surface area contributed by atoms with Gasteiger partial charge in [-0.2, -0.15) is 4.98 Å². The van der Waals surface area contributed by atoms with Crippen molar-refractivity contribution in [3.8, 4) is 17.6 Å². The number of nitrogens with zero attached hydrogens (tertiary/aromatic N) is 2. The Morgan fingerprint density at radius 1 is 1.03 bits per heavy atom. The number of halogens is 1. The zero-order chi connectivity index (χ0) is 25.4. The van der Waals surface area contributed by atoms with Crippen LogP contribution in [-0.4, -0.2) is 47.2 Å². The van der Waals surface area contributed by atoms with Crippen molar-refractivity contribution in [2.45, 2.75) is 13.0 Å². The Bertz CT molecular complexity index is 1280. The van der Waals surface area contributed by atoms with Crippen molar-refractivity contribution >= 4 is 40.4 Å². The monoisotopic (exact) mass is 497 g/mol. The fourth-order valence-corrected chi connectivity index (χ4v) is 2.78.